The minimum absolute atomic E-state index is 0.348. The predicted octanol–water partition coefficient (Wildman–Crippen LogP) is 4.89. The third kappa shape index (κ3) is 6.46. The molecule has 0 spiro atoms. The molecule has 2 amide bonds. The molecular weight excluding hydrogens is 444 g/mol. The quantitative estimate of drug-likeness (QED) is 0.361. The Hall–Kier alpha value is -4.10. The van der Waals surface area contributed by atoms with Gasteiger partial charge in [0.25, 0.3) is 0 Å². The molecule has 0 saturated heterocycles. The van der Waals surface area contributed by atoms with E-state index in [0.717, 1.165) is 22.3 Å². The molecule has 0 radical (unpaired) electrons. The van der Waals surface area contributed by atoms with Gasteiger partial charge in [0.2, 0.25) is 16.9 Å². The van der Waals surface area contributed by atoms with Gasteiger partial charge in [-0.15, -0.1) is 10.2 Å². The lowest BCUT2D eigenvalue weighted by atomic mass is 10.1. The molecule has 0 aliphatic heterocycles. The van der Waals surface area contributed by atoms with Crippen molar-refractivity contribution in [2.24, 2.45) is 0 Å². The number of aromatic nitrogens is 2. The van der Waals surface area contributed by atoms with Crippen molar-refractivity contribution in [1.29, 1.82) is 0 Å². The van der Waals surface area contributed by atoms with Gasteiger partial charge in [0.05, 0.1) is 0 Å². The van der Waals surface area contributed by atoms with Crippen LogP contribution in [0.5, 0.6) is 0 Å². The maximum Gasteiger partial charge on any atom is 0.249 e. The van der Waals surface area contributed by atoms with Crippen LogP contribution in [0.4, 0.5) is 5.13 Å². The summed E-state index contributed by atoms with van der Waals surface area (Å²) in [7, 11) is 0. The highest BCUT2D eigenvalue weighted by molar-refractivity contribution is 7.18. The van der Waals surface area contributed by atoms with Gasteiger partial charge in [-0.25, -0.2) is 0 Å². The lowest BCUT2D eigenvalue weighted by Gasteiger charge is -2.17. The van der Waals surface area contributed by atoms with E-state index in [2.05, 4.69) is 20.8 Å². The fourth-order valence-corrected chi connectivity index (χ4v) is 4.05. The molecule has 0 aliphatic rings. The summed E-state index contributed by atoms with van der Waals surface area (Å²) in [6, 6.07) is 26.2. The van der Waals surface area contributed by atoms with Gasteiger partial charge in [-0.1, -0.05) is 102 Å². The molecular formula is C27H24N4O2S. The number of anilines is 1. The Kier molecular flexibility index (Phi) is 7.57. The first-order valence-corrected chi connectivity index (χ1v) is 11.7. The Morgan fingerprint density at radius 2 is 1.59 bits per heavy atom. The van der Waals surface area contributed by atoms with Crippen molar-refractivity contribution < 1.29 is 9.59 Å². The van der Waals surface area contributed by atoms with Gasteiger partial charge in [-0.3, -0.25) is 14.9 Å². The molecule has 0 bridgehead atoms. The van der Waals surface area contributed by atoms with Gasteiger partial charge in [0.1, 0.15) is 11.0 Å². The third-order valence-corrected chi connectivity index (χ3v) is 5.98. The number of hydrogen-bond acceptors (Lipinski definition) is 5. The van der Waals surface area contributed by atoms with Crippen molar-refractivity contribution in [3.63, 3.8) is 0 Å². The van der Waals surface area contributed by atoms with Crippen molar-refractivity contribution >= 4 is 34.4 Å². The topological polar surface area (TPSA) is 84.0 Å². The van der Waals surface area contributed by atoms with Crippen LogP contribution in [-0.2, 0) is 16.0 Å². The highest BCUT2D eigenvalue weighted by Gasteiger charge is 2.22. The maximum absolute atomic E-state index is 13.1. The van der Waals surface area contributed by atoms with Gasteiger partial charge in [-0.05, 0) is 24.1 Å². The fraction of sp³-hybridized carbons (Fsp3) is 0.111. The molecule has 1 aromatic heterocycles. The molecule has 34 heavy (non-hydrogen) atoms. The first kappa shape index (κ1) is 23.1. The lowest BCUT2D eigenvalue weighted by Crippen LogP contribution is -2.44. The summed E-state index contributed by atoms with van der Waals surface area (Å²) in [5.41, 5.74) is 3.93. The first-order chi connectivity index (χ1) is 16.6. The second-order valence-electron chi connectivity index (χ2n) is 7.76. The summed E-state index contributed by atoms with van der Waals surface area (Å²) in [6.45, 7) is 2.02. The number of hydrogen-bond donors (Lipinski definition) is 2. The molecule has 0 saturated carbocycles. The van der Waals surface area contributed by atoms with Crippen LogP contribution in [-0.4, -0.2) is 28.1 Å². The number of benzene rings is 3. The third-order valence-electron chi connectivity index (χ3n) is 5.10. The first-order valence-electron chi connectivity index (χ1n) is 10.9. The van der Waals surface area contributed by atoms with Gasteiger partial charge in [-0.2, -0.15) is 0 Å². The monoisotopic (exact) mass is 468 g/mol. The molecule has 1 atom stereocenters. The smallest absolute Gasteiger partial charge is 0.249 e. The molecule has 0 aliphatic carbocycles. The Morgan fingerprint density at radius 1 is 0.912 bits per heavy atom. The van der Waals surface area contributed by atoms with Gasteiger partial charge >= 0.3 is 0 Å². The molecule has 170 valence electrons. The zero-order valence-electron chi connectivity index (χ0n) is 18.6. The molecule has 2 N–H and O–H groups in total. The number of aryl methyl sites for hydroxylation is 1. The Bertz CT molecular complexity index is 1270. The van der Waals surface area contributed by atoms with E-state index in [-0.39, 0.29) is 11.8 Å². The molecule has 4 rings (SSSR count). The standard InChI is InChI=1S/C27H24N4O2S/c1-19-12-15-22(16-13-19)26-30-31-27(34-26)29-25(33)23(18-21-10-6-3-7-11-21)28-24(32)17-14-20-8-4-2-5-9-20/h2-17,23H,18H2,1H3,(H,28,32)(H,29,31,33)/b17-14+. The number of nitrogens with zero attached hydrogens (tertiary/aromatic N) is 2. The Morgan fingerprint density at radius 3 is 2.29 bits per heavy atom. The van der Waals surface area contributed by atoms with Crippen LogP contribution < -0.4 is 10.6 Å². The van der Waals surface area contributed by atoms with Crippen LogP contribution in [0.1, 0.15) is 16.7 Å². The summed E-state index contributed by atoms with van der Waals surface area (Å²) >= 11 is 1.29. The van der Waals surface area contributed by atoms with E-state index >= 15 is 0 Å². The summed E-state index contributed by atoms with van der Waals surface area (Å²) in [6.07, 6.45) is 3.49. The summed E-state index contributed by atoms with van der Waals surface area (Å²) in [5.74, 6) is -0.700. The van der Waals surface area contributed by atoms with E-state index in [4.69, 9.17) is 0 Å². The van der Waals surface area contributed by atoms with Crippen LogP contribution in [0.15, 0.2) is 91.0 Å². The Labute approximate surface area is 202 Å². The highest BCUT2D eigenvalue weighted by atomic mass is 32.1. The highest BCUT2D eigenvalue weighted by Crippen LogP contribution is 2.26. The van der Waals surface area contributed by atoms with Crippen molar-refractivity contribution in [2.45, 2.75) is 19.4 Å². The summed E-state index contributed by atoms with van der Waals surface area (Å²) < 4.78 is 0. The van der Waals surface area contributed by atoms with Gasteiger partial charge in [0, 0.05) is 18.1 Å². The van der Waals surface area contributed by atoms with Gasteiger partial charge < -0.3 is 5.32 Å². The normalized spacial score (nSPS) is 11.8. The largest absolute Gasteiger partial charge is 0.340 e. The maximum atomic E-state index is 13.1. The molecule has 1 unspecified atom stereocenters. The van der Waals surface area contributed by atoms with Crippen molar-refractivity contribution in [2.75, 3.05) is 5.32 Å². The molecule has 1 heterocycles. The summed E-state index contributed by atoms with van der Waals surface area (Å²) in [4.78, 5) is 25.7. The van der Waals surface area contributed by atoms with Crippen LogP contribution >= 0.6 is 11.3 Å². The van der Waals surface area contributed by atoms with E-state index in [9.17, 15) is 9.59 Å². The average molecular weight is 469 g/mol. The minimum atomic E-state index is -0.776. The number of rotatable bonds is 8. The zero-order valence-corrected chi connectivity index (χ0v) is 19.5. The van der Waals surface area contributed by atoms with Crippen LogP contribution in [0.2, 0.25) is 0 Å². The van der Waals surface area contributed by atoms with E-state index < -0.39 is 6.04 Å². The van der Waals surface area contributed by atoms with E-state index in [0.29, 0.717) is 16.6 Å². The minimum Gasteiger partial charge on any atom is -0.340 e. The molecule has 0 fully saturated rings. The fourth-order valence-electron chi connectivity index (χ4n) is 3.29. The number of amides is 2. The van der Waals surface area contributed by atoms with Crippen molar-refractivity contribution in [1.82, 2.24) is 15.5 Å². The van der Waals surface area contributed by atoms with E-state index in [1.165, 1.54) is 17.4 Å². The molecule has 3 aromatic carbocycles. The van der Waals surface area contributed by atoms with E-state index in [1.807, 2.05) is 91.9 Å². The molecule has 4 aromatic rings. The van der Waals surface area contributed by atoms with Crippen molar-refractivity contribution in [3.8, 4) is 10.6 Å². The van der Waals surface area contributed by atoms with Crippen LogP contribution in [0.25, 0.3) is 16.6 Å². The number of carbonyl (C=O) groups excluding carboxylic acids is 2. The second kappa shape index (κ2) is 11.2. The van der Waals surface area contributed by atoms with Crippen LogP contribution in [0, 0.1) is 6.92 Å². The summed E-state index contributed by atoms with van der Waals surface area (Å²) in [5, 5.41) is 15.0. The lowest BCUT2D eigenvalue weighted by molar-refractivity contribution is -0.123. The van der Waals surface area contributed by atoms with Gasteiger partial charge in [0.15, 0.2) is 0 Å². The van der Waals surface area contributed by atoms with E-state index in [1.54, 1.807) is 6.08 Å². The SMILES string of the molecule is Cc1ccc(-c2nnc(NC(=O)C(Cc3ccccc3)NC(=O)/C=C/c3ccccc3)s2)cc1. The zero-order chi connectivity index (χ0) is 23.8. The Balaban J connectivity index is 1.46. The average Bonchev–Trinajstić information content (AvgIpc) is 3.32. The molecule has 7 heteroatoms. The van der Waals surface area contributed by atoms with Crippen molar-refractivity contribution in [3.05, 3.63) is 108 Å². The predicted molar refractivity (Wildman–Crippen MR) is 136 cm³/mol. The molecule has 6 nitrogen and oxygen atoms in total. The number of nitrogens with one attached hydrogen (secondary N) is 2. The second-order valence-corrected chi connectivity index (χ2v) is 8.74. The number of carbonyl (C=O) groups is 2. The van der Waals surface area contributed by atoms with Crippen LogP contribution in [0.3, 0.4) is 0 Å².